The Labute approximate surface area is 201 Å². The number of hydrogen-bond donors (Lipinski definition) is 2. The first-order chi connectivity index (χ1) is 15.8. The van der Waals surface area contributed by atoms with E-state index in [2.05, 4.69) is 5.32 Å². The zero-order valence-corrected chi connectivity index (χ0v) is 20.1. The predicted molar refractivity (Wildman–Crippen MR) is 130 cm³/mol. The number of nitrogens with one attached hydrogen (secondary N) is 1. The Balaban J connectivity index is 1.60. The fourth-order valence-corrected chi connectivity index (χ4v) is 5.62. The van der Waals surface area contributed by atoms with Crippen molar-refractivity contribution in [2.24, 2.45) is 11.3 Å². The largest absolute Gasteiger partial charge is 0.392 e. The lowest BCUT2D eigenvalue weighted by Crippen LogP contribution is -2.57. The smallest absolute Gasteiger partial charge is 0.251 e. The van der Waals surface area contributed by atoms with E-state index in [-0.39, 0.29) is 29.8 Å². The zero-order chi connectivity index (χ0) is 23.6. The molecule has 1 saturated heterocycles. The second-order valence-electron chi connectivity index (χ2n) is 9.95. The number of amides is 2. The summed E-state index contributed by atoms with van der Waals surface area (Å²) in [6, 6.07) is 16.3. The van der Waals surface area contributed by atoms with Gasteiger partial charge in [0.2, 0.25) is 5.91 Å². The van der Waals surface area contributed by atoms with Gasteiger partial charge in [-0.1, -0.05) is 68.6 Å². The first-order valence-corrected chi connectivity index (χ1v) is 12.3. The summed E-state index contributed by atoms with van der Waals surface area (Å²) in [6.07, 6.45) is 3.54. The number of aliphatic hydroxyl groups excluding tert-OH is 1. The highest BCUT2D eigenvalue weighted by Gasteiger charge is 2.48. The van der Waals surface area contributed by atoms with Gasteiger partial charge >= 0.3 is 0 Å². The molecule has 0 radical (unpaired) electrons. The number of aliphatic hydroxyl groups is 1. The number of carbonyl (C=O) groups excluding carboxylic acids is 2. The molecule has 2 aromatic rings. The Morgan fingerprint density at radius 1 is 1.00 bits per heavy atom. The first kappa shape index (κ1) is 23.8. The maximum Gasteiger partial charge on any atom is 0.251 e. The molecule has 0 spiro atoms. The van der Waals surface area contributed by atoms with Crippen LogP contribution < -0.4 is 5.32 Å². The standard InChI is InChI=1S/C27H33ClN2O3/c1-27(2)23(31)16-17-30(24(27)18-12-14-20(28)15-13-18)26(33)21-10-6-7-11-22(21)29-25(32)19-8-4-3-5-9-19/h3-5,8-9,12-15,21-24,31H,6-7,10-11,16-17H2,1-2H3,(H,29,32)/t21-,22+,23-,24?/m0/s1. The van der Waals surface area contributed by atoms with Gasteiger partial charge < -0.3 is 15.3 Å². The fraction of sp³-hybridized carbons (Fsp3) is 0.481. The molecule has 0 bridgehead atoms. The SMILES string of the molecule is CC1(C)C(c2ccc(Cl)cc2)N(C(=O)[C@H]2CCCC[C@H]2NC(=O)c2ccccc2)CC[C@@H]1O. The summed E-state index contributed by atoms with van der Waals surface area (Å²) >= 11 is 6.12. The van der Waals surface area contributed by atoms with E-state index < -0.39 is 11.5 Å². The number of nitrogens with zero attached hydrogens (tertiary/aromatic N) is 1. The highest BCUT2D eigenvalue weighted by molar-refractivity contribution is 6.30. The Bertz CT molecular complexity index is 977. The molecule has 2 aromatic carbocycles. The van der Waals surface area contributed by atoms with Crippen LogP contribution in [0.5, 0.6) is 0 Å². The van der Waals surface area contributed by atoms with Crippen molar-refractivity contribution in [3.05, 3.63) is 70.7 Å². The molecule has 6 heteroatoms. The number of rotatable bonds is 4. The van der Waals surface area contributed by atoms with Crippen LogP contribution in [0.3, 0.4) is 0 Å². The van der Waals surface area contributed by atoms with E-state index >= 15 is 0 Å². The Hall–Kier alpha value is -2.37. The van der Waals surface area contributed by atoms with Crippen LogP contribution in [0.2, 0.25) is 5.02 Å². The van der Waals surface area contributed by atoms with E-state index in [1.54, 1.807) is 12.1 Å². The molecule has 2 N–H and O–H groups in total. The summed E-state index contributed by atoms with van der Waals surface area (Å²) in [5.74, 6) is -0.343. The van der Waals surface area contributed by atoms with Crippen LogP contribution in [0.25, 0.3) is 0 Å². The third kappa shape index (κ3) is 4.95. The van der Waals surface area contributed by atoms with Crippen LogP contribution in [-0.2, 0) is 4.79 Å². The van der Waals surface area contributed by atoms with Gasteiger partial charge in [-0.15, -0.1) is 0 Å². The Kier molecular flexibility index (Phi) is 7.10. The van der Waals surface area contributed by atoms with Crippen LogP contribution >= 0.6 is 11.6 Å². The molecule has 33 heavy (non-hydrogen) atoms. The molecule has 2 aliphatic rings. The summed E-state index contributed by atoms with van der Waals surface area (Å²) < 4.78 is 0. The summed E-state index contributed by atoms with van der Waals surface area (Å²) in [7, 11) is 0. The number of carbonyl (C=O) groups is 2. The second kappa shape index (κ2) is 9.86. The van der Waals surface area contributed by atoms with Crippen LogP contribution in [0.1, 0.15) is 67.9 Å². The molecule has 1 aliphatic heterocycles. The molecule has 5 nitrogen and oxygen atoms in total. The summed E-state index contributed by atoms with van der Waals surface area (Å²) in [4.78, 5) is 28.8. The number of hydrogen-bond acceptors (Lipinski definition) is 3. The Morgan fingerprint density at radius 3 is 2.36 bits per heavy atom. The van der Waals surface area contributed by atoms with Gasteiger partial charge in [0, 0.05) is 28.6 Å². The molecular formula is C27H33ClN2O3. The third-order valence-corrected chi connectivity index (χ3v) is 7.68. The lowest BCUT2D eigenvalue weighted by molar-refractivity contribution is -0.152. The molecule has 176 valence electrons. The normalized spacial score (nSPS) is 27.1. The van der Waals surface area contributed by atoms with E-state index in [0.29, 0.717) is 23.6 Å². The first-order valence-electron chi connectivity index (χ1n) is 11.9. The minimum Gasteiger partial charge on any atom is -0.392 e. The van der Waals surface area contributed by atoms with E-state index in [9.17, 15) is 14.7 Å². The molecule has 4 rings (SSSR count). The Morgan fingerprint density at radius 2 is 1.67 bits per heavy atom. The second-order valence-corrected chi connectivity index (χ2v) is 10.4. The lowest BCUT2D eigenvalue weighted by atomic mass is 9.70. The molecule has 0 aromatic heterocycles. The van der Waals surface area contributed by atoms with Crippen LogP contribution in [0.4, 0.5) is 0 Å². The number of halogens is 1. The van der Waals surface area contributed by atoms with Gasteiger partial charge in [-0.3, -0.25) is 9.59 Å². The van der Waals surface area contributed by atoms with Crippen LogP contribution in [-0.4, -0.2) is 40.5 Å². The van der Waals surface area contributed by atoms with Crippen molar-refractivity contribution in [1.29, 1.82) is 0 Å². The van der Waals surface area contributed by atoms with Crippen molar-refractivity contribution in [3.63, 3.8) is 0 Å². The van der Waals surface area contributed by atoms with Gasteiger partial charge in [-0.05, 0) is 49.1 Å². The van der Waals surface area contributed by atoms with Crippen LogP contribution in [0, 0.1) is 11.3 Å². The molecule has 1 heterocycles. The quantitative estimate of drug-likeness (QED) is 0.664. The zero-order valence-electron chi connectivity index (χ0n) is 19.3. The maximum atomic E-state index is 14.0. The van der Waals surface area contributed by atoms with Crippen molar-refractivity contribution in [3.8, 4) is 0 Å². The summed E-state index contributed by atoms with van der Waals surface area (Å²) in [5, 5.41) is 14.6. The van der Waals surface area contributed by atoms with Gasteiger partial charge in [-0.2, -0.15) is 0 Å². The lowest BCUT2D eigenvalue weighted by Gasteiger charge is -2.51. The topological polar surface area (TPSA) is 69.6 Å². The van der Waals surface area contributed by atoms with E-state index in [1.807, 2.05) is 61.2 Å². The third-order valence-electron chi connectivity index (χ3n) is 7.42. The molecule has 1 saturated carbocycles. The highest BCUT2D eigenvalue weighted by atomic mass is 35.5. The molecule has 2 fully saturated rings. The predicted octanol–water partition coefficient (Wildman–Crippen LogP) is 4.99. The summed E-state index contributed by atoms with van der Waals surface area (Å²) in [6.45, 7) is 4.53. The number of benzene rings is 2. The van der Waals surface area contributed by atoms with Crippen molar-refractivity contribution < 1.29 is 14.7 Å². The molecule has 1 unspecified atom stereocenters. The van der Waals surface area contributed by atoms with Gasteiger partial charge in [-0.25, -0.2) is 0 Å². The van der Waals surface area contributed by atoms with Gasteiger partial charge in [0.25, 0.3) is 5.91 Å². The average molecular weight is 469 g/mol. The van der Waals surface area contributed by atoms with Crippen molar-refractivity contribution in [2.45, 2.75) is 64.1 Å². The van der Waals surface area contributed by atoms with Gasteiger partial charge in [0.1, 0.15) is 0 Å². The molecular weight excluding hydrogens is 436 g/mol. The number of likely N-dealkylation sites (tertiary alicyclic amines) is 1. The maximum absolute atomic E-state index is 14.0. The van der Waals surface area contributed by atoms with E-state index in [4.69, 9.17) is 11.6 Å². The minimum absolute atomic E-state index is 0.0630. The van der Waals surface area contributed by atoms with Gasteiger partial charge in [0.15, 0.2) is 0 Å². The minimum atomic E-state index is -0.515. The van der Waals surface area contributed by atoms with E-state index in [0.717, 1.165) is 31.2 Å². The van der Waals surface area contributed by atoms with E-state index in [1.165, 1.54) is 0 Å². The number of piperidine rings is 1. The van der Waals surface area contributed by atoms with Crippen molar-refractivity contribution in [1.82, 2.24) is 10.2 Å². The van der Waals surface area contributed by atoms with Crippen molar-refractivity contribution >= 4 is 23.4 Å². The molecule has 2 amide bonds. The summed E-state index contributed by atoms with van der Waals surface area (Å²) in [5.41, 5.74) is 1.06. The highest BCUT2D eigenvalue weighted by Crippen LogP contribution is 2.46. The van der Waals surface area contributed by atoms with Crippen LogP contribution in [0.15, 0.2) is 54.6 Å². The van der Waals surface area contributed by atoms with Crippen molar-refractivity contribution in [2.75, 3.05) is 6.54 Å². The fourth-order valence-electron chi connectivity index (χ4n) is 5.49. The molecule has 4 atom stereocenters. The van der Waals surface area contributed by atoms with Gasteiger partial charge in [0.05, 0.1) is 18.1 Å². The molecule has 1 aliphatic carbocycles. The monoisotopic (exact) mass is 468 g/mol. The average Bonchev–Trinajstić information content (AvgIpc) is 2.82.